The number of fused-ring (bicyclic) bond motifs is 2. The molecular weight excluding hydrogens is 707 g/mol. The van der Waals surface area contributed by atoms with Gasteiger partial charge < -0.3 is 35.4 Å². The lowest BCUT2D eigenvalue weighted by molar-refractivity contribution is -0.183. The van der Waals surface area contributed by atoms with E-state index < -0.39 is 23.2 Å². The van der Waals surface area contributed by atoms with Crippen LogP contribution < -0.4 is 20.3 Å². The Morgan fingerprint density at radius 3 is 2.34 bits per heavy atom. The van der Waals surface area contributed by atoms with Crippen molar-refractivity contribution in [2.75, 3.05) is 52.8 Å². The SMILES string of the molecule is CCOc1c(CN2O[C@@H](CO)[C@]3(CC3(C)O)[C@H]2C(=O)N[C@H]2C[C@H]3C[C@@H]([C@@H]2C)C3(C)C)cccc1-c1cc(C(=O)N[C@H](CN(C)C)CC(C)(C)C)cc(N(C)C)c1. The zero-order valence-electron chi connectivity index (χ0n) is 36.0. The zero-order chi connectivity index (χ0) is 41.1. The molecule has 11 nitrogen and oxygen atoms in total. The number of nitrogens with zero attached hydrogens (tertiary/aromatic N) is 3. The maximum Gasteiger partial charge on any atom is 0.251 e. The molecular formula is C45H69N5O6. The molecule has 1 unspecified atom stereocenters. The minimum atomic E-state index is -1.17. The van der Waals surface area contributed by atoms with E-state index in [4.69, 9.17) is 9.57 Å². The predicted molar refractivity (Wildman–Crippen MR) is 221 cm³/mol. The molecule has 1 spiro atoms. The number of benzene rings is 2. The minimum absolute atomic E-state index is 0.0333. The summed E-state index contributed by atoms with van der Waals surface area (Å²) < 4.78 is 6.42. The van der Waals surface area contributed by atoms with Crippen LogP contribution in [0.2, 0.25) is 0 Å². The van der Waals surface area contributed by atoms with E-state index in [9.17, 15) is 19.8 Å². The lowest BCUT2D eigenvalue weighted by atomic mass is 9.45. The van der Waals surface area contributed by atoms with Gasteiger partial charge in [-0.25, -0.2) is 0 Å². The first-order valence-corrected chi connectivity index (χ1v) is 20.7. The van der Waals surface area contributed by atoms with Crippen molar-refractivity contribution in [3.63, 3.8) is 0 Å². The van der Waals surface area contributed by atoms with Gasteiger partial charge in [0, 0.05) is 55.1 Å². The maximum absolute atomic E-state index is 14.6. The Bertz CT molecular complexity index is 1770. The second-order valence-corrected chi connectivity index (χ2v) is 19.9. The van der Waals surface area contributed by atoms with Gasteiger partial charge >= 0.3 is 0 Å². The molecule has 7 rings (SSSR count). The van der Waals surface area contributed by atoms with Crippen molar-refractivity contribution in [1.29, 1.82) is 0 Å². The molecule has 9 atom stereocenters. The Kier molecular flexibility index (Phi) is 11.7. The van der Waals surface area contributed by atoms with E-state index in [1.807, 2.05) is 70.3 Å². The zero-order valence-corrected chi connectivity index (χ0v) is 36.0. The molecule has 0 radical (unpaired) electrons. The van der Waals surface area contributed by atoms with E-state index in [0.717, 1.165) is 41.8 Å². The first-order chi connectivity index (χ1) is 26.1. The van der Waals surface area contributed by atoms with E-state index in [2.05, 4.69) is 63.1 Å². The summed E-state index contributed by atoms with van der Waals surface area (Å²) in [5.74, 6) is 1.79. The quantitative estimate of drug-likeness (QED) is 0.191. The van der Waals surface area contributed by atoms with E-state index in [1.54, 1.807) is 12.0 Å². The average molecular weight is 776 g/mol. The van der Waals surface area contributed by atoms with E-state index in [1.165, 1.54) is 6.42 Å². The Hall–Kier alpha value is -3.22. The highest BCUT2D eigenvalue weighted by molar-refractivity contribution is 5.97. The van der Waals surface area contributed by atoms with Gasteiger partial charge in [0.25, 0.3) is 5.91 Å². The molecule has 5 fully saturated rings. The van der Waals surface area contributed by atoms with Crippen molar-refractivity contribution in [2.45, 2.75) is 117 Å². The van der Waals surface area contributed by atoms with Crippen molar-refractivity contribution in [1.82, 2.24) is 20.6 Å². The van der Waals surface area contributed by atoms with Crippen LogP contribution in [0.15, 0.2) is 36.4 Å². The summed E-state index contributed by atoms with van der Waals surface area (Å²) in [6, 6.07) is 11.0. The smallest absolute Gasteiger partial charge is 0.251 e. The second kappa shape index (κ2) is 15.5. The van der Waals surface area contributed by atoms with Gasteiger partial charge in [0.2, 0.25) is 5.91 Å². The van der Waals surface area contributed by atoms with Crippen LogP contribution in [-0.4, -0.2) is 110 Å². The summed E-state index contributed by atoms with van der Waals surface area (Å²) in [5, 5.41) is 30.5. The number of anilines is 1. The number of aliphatic hydroxyl groups is 2. The summed E-state index contributed by atoms with van der Waals surface area (Å²) in [6.45, 7) is 18.2. The molecule has 4 N–H and O–H groups in total. The number of para-hydroxylation sites is 1. The van der Waals surface area contributed by atoms with Crippen molar-refractivity contribution < 1.29 is 29.4 Å². The van der Waals surface area contributed by atoms with Crippen molar-refractivity contribution >= 4 is 17.5 Å². The Morgan fingerprint density at radius 1 is 1.09 bits per heavy atom. The van der Waals surface area contributed by atoms with Gasteiger partial charge in [-0.05, 0) is 106 Å². The highest BCUT2D eigenvalue weighted by atomic mass is 16.7. The normalized spacial score (nSPS) is 31.2. The van der Waals surface area contributed by atoms with Gasteiger partial charge in [-0.2, -0.15) is 5.06 Å². The molecule has 11 heteroatoms. The monoisotopic (exact) mass is 776 g/mol. The minimum Gasteiger partial charge on any atom is -0.493 e. The molecule has 1 aliphatic heterocycles. The topological polar surface area (TPSA) is 127 Å². The molecule has 56 heavy (non-hydrogen) atoms. The molecule has 2 amide bonds. The van der Waals surface area contributed by atoms with Crippen LogP contribution in [0.1, 0.15) is 97.0 Å². The fraction of sp³-hybridized carbons (Fsp3) is 0.689. The highest BCUT2D eigenvalue weighted by Gasteiger charge is 2.78. The number of nitrogens with one attached hydrogen (secondary N) is 2. The molecule has 310 valence electrons. The summed E-state index contributed by atoms with van der Waals surface area (Å²) in [5.41, 5.74) is 2.06. The second-order valence-electron chi connectivity index (χ2n) is 19.9. The Labute approximate surface area is 335 Å². The van der Waals surface area contributed by atoms with Crippen molar-refractivity contribution in [3.8, 4) is 16.9 Å². The largest absolute Gasteiger partial charge is 0.493 e. The molecule has 2 bridgehead atoms. The van der Waals surface area contributed by atoms with E-state index in [-0.39, 0.29) is 47.9 Å². The van der Waals surface area contributed by atoms with Crippen molar-refractivity contribution in [3.05, 3.63) is 47.5 Å². The molecule has 2 aromatic carbocycles. The standard InChI is InChI=1S/C45H69N5O6/c1-13-55-38-28(15-14-16-34(38)29-17-30(19-33(18-29)49(11)12)40(52)46-32(24-48(9)10)22-42(3,4)5)23-50-39(45(26-44(45,8)54)37(25-51)56-50)41(53)47-36-21-31-20-35(27(36)2)43(31,6)7/h14-19,27,31-32,35-37,39,51,54H,13,20-26H2,1-12H3,(H,46,52)(H,47,53)/t27-,31+,32-,35-,36-,37-,39+,44?,45+/m0/s1. The van der Waals surface area contributed by atoms with E-state index in [0.29, 0.717) is 42.1 Å². The van der Waals surface area contributed by atoms with Gasteiger partial charge in [-0.15, -0.1) is 0 Å². The number of aliphatic hydroxyl groups excluding tert-OH is 1. The van der Waals surface area contributed by atoms with Crippen LogP contribution in [0.4, 0.5) is 5.69 Å². The van der Waals surface area contributed by atoms with Gasteiger partial charge in [0.1, 0.15) is 17.9 Å². The molecule has 1 heterocycles. The van der Waals surface area contributed by atoms with Gasteiger partial charge in [-0.3, -0.25) is 14.4 Å². The lowest BCUT2D eigenvalue weighted by Crippen LogP contribution is -2.62. The Balaban J connectivity index is 1.33. The fourth-order valence-corrected chi connectivity index (χ4v) is 10.6. The molecule has 4 aliphatic carbocycles. The van der Waals surface area contributed by atoms with Crippen molar-refractivity contribution in [2.24, 2.45) is 34.0 Å². The number of amides is 2. The predicted octanol–water partition coefficient (Wildman–Crippen LogP) is 5.72. The molecule has 1 saturated heterocycles. The highest BCUT2D eigenvalue weighted by Crippen LogP contribution is 2.66. The summed E-state index contributed by atoms with van der Waals surface area (Å²) in [4.78, 5) is 39.1. The molecule has 5 aliphatic rings. The summed E-state index contributed by atoms with van der Waals surface area (Å²) >= 11 is 0. The van der Waals surface area contributed by atoms with Gasteiger partial charge in [0.05, 0.1) is 30.8 Å². The Morgan fingerprint density at radius 2 is 1.79 bits per heavy atom. The van der Waals surface area contributed by atoms with E-state index >= 15 is 0 Å². The van der Waals surface area contributed by atoms with Crippen LogP contribution in [0.3, 0.4) is 0 Å². The number of carbonyl (C=O) groups excluding carboxylic acids is 2. The van der Waals surface area contributed by atoms with Crippen LogP contribution in [0.5, 0.6) is 5.75 Å². The third-order valence-electron chi connectivity index (χ3n) is 13.7. The van der Waals surface area contributed by atoms with Gasteiger partial charge in [0.15, 0.2) is 0 Å². The van der Waals surface area contributed by atoms with Crippen LogP contribution in [-0.2, 0) is 16.2 Å². The molecule has 4 saturated carbocycles. The number of hydrogen-bond acceptors (Lipinski definition) is 9. The van der Waals surface area contributed by atoms with Crippen LogP contribution in [0.25, 0.3) is 11.1 Å². The maximum atomic E-state index is 14.6. The lowest BCUT2D eigenvalue weighted by Gasteiger charge is -2.62. The number of hydroxylamine groups is 2. The fourth-order valence-electron chi connectivity index (χ4n) is 10.6. The number of hydrogen-bond donors (Lipinski definition) is 4. The summed E-state index contributed by atoms with van der Waals surface area (Å²) in [7, 11) is 7.97. The average Bonchev–Trinajstić information content (AvgIpc) is 3.52. The van der Waals surface area contributed by atoms with Crippen LogP contribution >= 0.6 is 0 Å². The first kappa shape index (κ1) is 42.4. The van der Waals surface area contributed by atoms with Gasteiger partial charge in [-0.1, -0.05) is 59.7 Å². The number of carbonyl (C=O) groups is 2. The number of likely N-dealkylation sites (N-methyl/N-ethyl adjacent to an activating group) is 1. The van der Waals surface area contributed by atoms with Crippen LogP contribution in [0, 0.1) is 34.0 Å². The number of rotatable bonds is 14. The number of ether oxygens (including phenoxy) is 1. The molecule has 0 aromatic heterocycles. The molecule has 2 aromatic rings. The first-order valence-electron chi connectivity index (χ1n) is 20.7. The third kappa shape index (κ3) is 7.95. The third-order valence-corrected chi connectivity index (χ3v) is 13.7. The summed E-state index contributed by atoms with van der Waals surface area (Å²) in [6.07, 6.45) is 2.59.